The number of aromatic nitrogens is 2. The lowest BCUT2D eigenvalue weighted by molar-refractivity contribution is -0.145. The Hall–Kier alpha value is -3.17. The third-order valence-electron chi connectivity index (χ3n) is 5.53. The second-order valence-electron chi connectivity index (χ2n) is 8.18. The van der Waals surface area contributed by atoms with Crippen molar-refractivity contribution in [2.75, 3.05) is 23.8 Å². The summed E-state index contributed by atoms with van der Waals surface area (Å²) in [6, 6.07) is 7.13. The average Bonchev–Trinajstić information content (AvgIpc) is 3.49. The molecule has 0 radical (unpaired) electrons. The fraction of sp³-hybridized carbons (Fsp3) is 0.435. The molecule has 1 saturated carbocycles. The Morgan fingerprint density at radius 2 is 1.94 bits per heavy atom. The van der Waals surface area contributed by atoms with Gasteiger partial charge in [-0.1, -0.05) is 6.58 Å². The van der Waals surface area contributed by atoms with E-state index in [2.05, 4.69) is 27.4 Å². The summed E-state index contributed by atoms with van der Waals surface area (Å²) in [4.78, 5) is 24.0. The second-order valence-corrected chi connectivity index (χ2v) is 8.18. The standard InChI is InChI=1S/C23H28N4O5/c1-13(2)24-19-7-5-16(11-18(19)23-30-8-9-31-23)22(29)25-21-12-20(26-27-21)15-4-6-17(10-15)32-14(3)28/h5,7,11-12,15,17,23-24H,1,4,6,8-10H2,2-3H3,(H2,25,26,27,29). The number of H-pyrrole nitrogens is 1. The SMILES string of the molecule is C=C(C)Nc1ccc(C(=O)Nc2cc(C3CCC(OC(C)=O)C3)[nH]n2)cc1C1OCCO1. The van der Waals surface area contributed by atoms with E-state index in [9.17, 15) is 9.59 Å². The van der Waals surface area contributed by atoms with Crippen LogP contribution in [0.1, 0.15) is 66.9 Å². The van der Waals surface area contributed by atoms with Crippen LogP contribution in [0.25, 0.3) is 0 Å². The van der Waals surface area contributed by atoms with Crippen molar-refractivity contribution in [1.82, 2.24) is 10.2 Å². The molecule has 2 fully saturated rings. The van der Waals surface area contributed by atoms with Gasteiger partial charge in [0.25, 0.3) is 5.91 Å². The molecular weight excluding hydrogens is 412 g/mol. The van der Waals surface area contributed by atoms with Gasteiger partial charge >= 0.3 is 5.97 Å². The van der Waals surface area contributed by atoms with Gasteiger partial charge in [-0.2, -0.15) is 5.10 Å². The van der Waals surface area contributed by atoms with E-state index in [4.69, 9.17) is 14.2 Å². The molecule has 1 aliphatic heterocycles. The fourth-order valence-corrected chi connectivity index (χ4v) is 4.14. The number of nitrogens with one attached hydrogen (secondary N) is 3. The maximum atomic E-state index is 12.9. The first-order valence-electron chi connectivity index (χ1n) is 10.7. The first-order chi connectivity index (χ1) is 15.4. The van der Waals surface area contributed by atoms with Crippen LogP contribution in [0.3, 0.4) is 0 Å². The molecule has 2 heterocycles. The van der Waals surface area contributed by atoms with Gasteiger partial charge in [-0.05, 0) is 44.4 Å². The van der Waals surface area contributed by atoms with Gasteiger partial charge in [0.05, 0.1) is 13.2 Å². The smallest absolute Gasteiger partial charge is 0.302 e. The summed E-state index contributed by atoms with van der Waals surface area (Å²) < 4.78 is 16.6. The van der Waals surface area contributed by atoms with Gasteiger partial charge in [-0.25, -0.2) is 0 Å². The predicted octanol–water partition coefficient (Wildman–Crippen LogP) is 3.85. The largest absolute Gasteiger partial charge is 0.463 e. The Kier molecular flexibility index (Phi) is 6.57. The molecule has 0 bridgehead atoms. The van der Waals surface area contributed by atoms with Crippen LogP contribution >= 0.6 is 0 Å². The summed E-state index contributed by atoms with van der Waals surface area (Å²) >= 11 is 0. The summed E-state index contributed by atoms with van der Waals surface area (Å²) in [5.41, 5.74) is 3.68. The number of rotatable bonds is 7. The molecule has 32 heavy (non-hydrogen) atoms. The summed E-state index contributed by atoms with van der Waals surface area (Å²) in [7, 11) is 0. The van der Waals surface area contributed by atoms with Crippen LogP contribution in [-0.2, 0) is 19.0 Å². The van der Waals surface area contributed by atoms with E-state index < -0.39 is 6.29 Å². The second kappa shape index (κ2) is 9.54. The number of carbonyl (C=O) groups is 2. The number of aromatic amines is 1. The Labute approximate surface area is 186 Å². The number of hydrogen-bond donors (Lipinski definition) is 3. The molecule has 2 atom stereocenters. The van der Waals surface area contributed by atoms with E-state index in [-0.39, 0.29) is 23.9 Å². The number of anilines is 2. The third kappa shape index (κ3) is 5.17. The molecule has 9 nitrogen and oxygen atoms in total. The number of amides is 1. The number of carbonyl (C=O) groups excluding carboxylic acids is 2. The molecule has 9 heteroatoms. The highest BCUT2D eigenvalue weighted by molar-refractivity contribution is 6.04. The van der Waals surface area contributed by atoms with Crippen LogP contribution < -0.4 is 10.6 Å². The minimum absolute atomic E-state index is 0.0661. The zero-order chi connectivity index (χ0) is 22.7. The number of nitrogens with zero attached hydrogens (tertiary/aromatic N) is 1. The summed E-state index contributed by atoms with van der Waals surface area (Å²) in [5, 5.41) is 13.2. The lowest BCUT2D eigenvalue weighted by Crippen LogP contribution is -2.14. The zero-order valence-electron chi connectivity index (χ0n) is 18.3. The van der Waals surface area contributed by atoms with Gasteiger partial charge in [-0.3, -0.25) is 14.7 Å². The molecule has 2 aromatic rings. The van der Waals surface area contributed by atoms with Crippen LogP contribution in [0.2, 0.25) is 0 Å². The zero-order valence-corrected chi connectivity index (χ0v) is 18.3. The Morgan fingerprint density at radius 3 is 2.66 bits per heavy atom. The molecule has 2 unspecified atom stereocenters. The minimum Gasteiger partial charge on any atom is -0.463 e. The van der Waals surface area contributed by atoms with E-state index >= 15 is 0 Å². The van der Waals surface area contributed by atoms with Crippen LogP contribution in [0.5, 0.6) is 0 Å². The maximum Gasteiger partial charge on any atom is 0.302 e. The van der Waals surface area contributed by atoms with Gasteiger partial charge in [0.2, 0.25) is 0 Å². The molecule has 1 amide bonds. The van der Waals surface area contributed by atoms with Gasteiger partial charge in [-0.15, -0.1) is 0 Å². The Balaban J connectivity index is 1.44. The van der Waals surface area contributed by atoms with Gasteiger partial charge in [0.1, 0.15) is 6.10 Å². The van der Waals surface area contributed by atoms with E-state index in [0.717, 1.165) is 41.9 Å². The van der Waals surface area contributed by atoms with Crippen LogP contribution in [0.15, 0.2) is 36.5 Å². The lowest BCUT2D eigenvalue weighted by atomic mass is 10.0. The lowest BCUT2D eigenvalue weighted by Gasteiger charge is -2.17. The van der Waals surface area contributed by atoms with Crippen LogP contribution in [0, 0.1) is 0 Å². The highest BCUT2D eigenvalue weighted by Crippen LogP contribution is 2.36. The van der Waals surface area contributed by atoms with Crippen molar-refractivity contribution >= 4 is 23.4 Å². The Morgan fingerprint density at radius 1 is 1.16 bits per heavy atom. The number of hydrogen-bond acceptors (Lipinski definition) is 7. The molecule has 0 spiro atoms. The van der Waals surface area contributed by atoms with Crippen molar-refractivity contribution in [3.05, 3.63) is 53.4 Å². The summed E-state index contributed by atoms with van der Waals surface area (Å²) in [5.74, 6) is 0.118. The molecule has 1 aromatic heterocycles. The minimum atomic E-state index is -0.533. The van der Waals surface area contributed by atoms with Crippen LogP contribution in [-0.4, -0.2) is 41.4 Å². The van der Waals surface area contributed by atoms with Crippen molar-refractivity contribution in [1.29, 1.82) is 0 Å². The van der Waals surface area contributed by atoms with Crippen LogP contribution in [0.4, 0.5) is 11.5 Å². The molecule has 1 aromatic carbocycles. The molecule has 4 rings (SSSR count). The normalized spacial score (nSPS) is 20.8. The number of benzene rings is 1. The van der Waals surface area contributed by atoms with Crippen molar-refractivity contribution in [3.63, 3.8) is 0 Å². The highest BCUT2D eigenvalue weighted by atomic mass is 16.7. The quantitative estimate of drug-likeness (QED) is 0.560. The van der Waals surface area contributed by atoms with E-state index in [0.29, 0.717) is 24.6 Å². The molecule has 1 aliphatic carbocycles. The van der Waals surface area contributed by atoms with E-state index in [1.54, 1.807) is 12.1 Å². The van der Waals surface area contributed by atoms with Crippen molar-refractivity contribution < 1.29 is 23.8 Å². The van der Waals surface area contributed by atoms with Gasteiger partial charge in [0, 0.05) is 47.1 Å². The summed E-state index contributed by atoms with van der Waals surface area (Å²) in [6.45, 7) is 8.16. The van der Waals surface area contributed by atoms with Crippen molar-refractivity contribution in [2.45, 2.75) is 51.4 Å². The van der Waals surface area contributed by atoms with E-state index in [1.165, 1.54) is 6.92 Å². The first-order valence-corrected chi connectivity index (χ1v) is 10.7. The molecule has 1 saturated heterocycles. The Bertz CT molecular complexity index is 1010. The number of allylic oxidation sites excluding steroid dienone is 1. The number of ether oxygens (including phenoxy) is 3. The molecule has 170 valence electrons. The van der Waals surface area contributed by atoms with Gasteiger partial charge in [0.15, 0.2) is 12.1 Å². The van der Waals surface area contributed by atoms with E-state index in [1.807, 2.05) is 19.1 Å². The summed E-state index contributed by atoms with van der Waals surface area (Å²) in [6.07, 6.45) is 1.87. The maximum absolute atomic E-state index is 12.9. The first kappa shape index (κ1) is 22.0. The van der Waals surface area contributed by atoms with Gasteiger partial charge < -0.3 is 24.8 Å². The average molecular weight is 441 g/mol. The number of esters is 1. The monoisotopic (exact) mass is 440 g/mol. The fourth-order valence-electron chi connectivity index (χ4n) is 4.14. The van der Waals surface area contributed by atoms with Crippen molar-refractivity contribution in [3.8, 4) is 0 Å². The predicted molar refractivity (Wildman–Crippen MR) is 118 cm³/mol. The molecular formula is C23H28N4O5. The third-order valence-corrected chi connectivity index (χ3v) is 5.53. The molecule has 2 aliphatic rings. The highest BCUT2D eigenvalue weighted by Gasteiger charge is 2.29. The van der Waals surface area contributed by atoms with Crippen molar-refractivity contribution in [2.24, 2.45) is 0 Å². The topological polar surface area (TPSA) is 115 Å². The molecule has 3 N–H and O–H groups in total.